The summed E-state index contributed by atoms with van der Waals surface area (Å²) in [6.45, 7) is 11.0. The second-order valence-corrected chi connectivity index (χ2v) is 17.8. The Kier molecular flexibility index (Phi) is 2.87. The largest absolute Gasteiger partial charge is 0.416 e. The van der Waals surface area contributed by atoms with Gasteiger partial charge in [-0.1, -0.05) is 12.2 Å². The molecule has 0 aromatic carbocycles. The molecule has 102 valence electrons. The van der Waals surface area contributed by atoms with Gasteiger partial charge in [0, 0.05) is 5.54 Å². The third kappa shape index (κ3) is 2.23. The molecule has 3 aliphatic rings. The Morgan fingerprint density at radius 1 is 0.833 bits per heavy atom. The number of hydrogen-bond donors (Lipinski definition) is 0. The van der Waals surface area contributed by atoms with E-state index in [9.17, 15) is 0 Å². The van der Waals surface area contributed by atoms with Crippen molar-refractivity contribution in [2.24, 2.45) is 11.8 Å². The van der Waals surface area contributed by atoms with E-state index in [2.05, 4.69) is 44.9 Å². The SMILES string of the molecule is C[Si]1(C)O[Si](C)(C)O[Si](C)(C2CC3C=CC2C3)O1. The van der Waals surface area contributed by atoms with Gasteiger partial charge in [0.05, 0.1) is 0 Å². The normalized spacial score (nSPS) is 43.3. The van der Waals surface area contributed by atoms with Crippen LogP contribution >= 0.6 is 0 Å². The lowest BCUT2D eigenvalue weighted by molar-refractivity contribution is 0.219. The van der Waals surface area contributed by atoms with Gasteiger partial charge in [-0.05, 0) is 57.4 Å². The van der Waals surface area contributed by atoms with E-state index in [-0.39, 0.29) is 0 Å². The summed E-state index contributed by atoms with van der Waals surface area (Å²) in [6, 6.07) is 0. The Hall–Kier alpha value is 0.271. The van der Waals surface area contributed by atoms with Crippen molar-refractivity contribution >= 4 is 25.7 Å². The van der Waals surface area contributed by atoms with E-state index >= 15 is 0 Å². The first-order valence-electron chi connectivity index (χ1n) is 6.98. The Labute approximate surface area is 113 Å². The standard InChI is InChI=1S/C12H24O3Si3/c1-16(2)13-17(3,4)15-18(5,14-16)12-9-10-6-7-11(12)8-10/h6-7,10-12H,8-9H2,1-5H3. The lowest BCUT2D eigenvalue weighted by Gasteiger charge is -2.51. The van der Waals surface area contributed by atoms with Crippen molar-refractivity contribution in [1.29, 1.82) is 0 Å². The van der Waals surface area contributed by atoms with E-state index < -0.39 is 25.7 Å². The fraction of sp³-hybridized carbons (Fsp3) is 0.833. The molecule has 6 heteroatoms. The van der Waals surface area contributed by atoms with E-state index in [1.165, 1.54) is 12.8 Å². The summed E-state index contributed by atoms with van der Waals surface area (Å²) in [5, 5.41) is 0. The number of allylic oxidation sites excluding steroid dienone is 2. The van der Waals surface area contributed by atoms with Crippen LogP contribution in [0.5, 0.6) is 0 Å². The zero-order valence-electron chi connectivity index (χ0n) is 12.0. The predicted molar refractivity (Wildman–Crippen MR) is 78.9 cm³/mol. The van der Waals surface area contributed by atoms with Crippen LogP contribution in [0.1, 0.15) is 12.8 Å². The molecule has 3 nitrogen and oxygen atoms in total. The van der Waals surface area contributed by atoms with Gasteiger partial charge in [-0.3, -0.25) is 0 Å². The zero-order valence-corrected chi connectivity index (χ0v) is 15.0. The Bertz CT molecular complexity index is 378. The first-order chi connectivity index (χ1) is 8.19. The Morgan fingerprint density at radius 2 is 1.44 bits per heavy atom. The molecule has 0 aromatic heterocycles. The molecule has 1 saturated heterocycles. The maximum atomic E-state index is 6.47. The van der Waals surface area contributed by atoms with E-state index in [1.807, 2.05) is 0 Å². The molecular weight excluding hydrogens is 276 g/mol. The fourth-order valence-electron chi connectivity index (χ4n) is 4.17. The summed E-state index contributed by atoms with van der Waals surface area (Å²) in [5.74, 6) is 1.49. The first kappa shape index (κ1) is 13.3. The van der Waals surface area contributed by atoms with Crippen LogP contribution in [0.25, 0.3) is 0 Å². The van der Waals surface area contributed by atoms with Crippen LogP contribution in [-0.4, -0.2) is 25.7 Å². The van der Waals surface area contributed by atoms with Crippen molar-refractivity contribution in [2.45, 2.75) is 51.1 Å². The van der Waals surface area contributed by atoms with Gasteiger partial charge < -0.3 is 12.3 Å². The topological polar surface area (TPSA) is 27.7 Å². The summed E-state index contributed by atoms with van der Waals surface area (Å²) in [5.41, 5.74) is 0.648. The van der Waals surface area contributed by atoms with Gasteiger partial charge in [-0.15, -0.1) is 0 Å². The van der Waals surface area contributed by atoms with E-state index in [0.717, 1.165) is 5.92 Å². The second kappa shape index (κ2) is 3.89. The van der Waals surface area contributed by atoms with Crippen molar-refractivity contribution in [3.8, 4) is 0 Å². The maximum Gasteiger partial charge on any atom is 0.321 e. The van der Waals surface area contributed by atoms with Gasteiger partial charge in [0.1, 0.15) is 0 Å². The van der Waals surface area contributed by atoms with Crippen molar-refractivity contribution in [3.63, 3.8) is 0 Å². The monoisotopic (exact) mass is 300 g/mol. The molecule has 2 aliphatic carbocycles. The van der Waals surface area contributed by atoms with Gasteiger partial charge in [-0.2, -0.15) is 0 Å². The number of fused-ring (bicyclic) bond motifs is 2. The molecule has 3 atom stereocenters. The molecule has 2 fully saturated rings. The average Bonchev–Trinajstić information content (AvgIpc) is 2.71. The highest BCUT2D eigenvalue weighted by atomic mass is 28.5. The molecule has 3 unspecified atom stereocenters. The summed E-state index contributed by atoms with van der Waals surface area (Å²) < 4.78 is 19.1. The van der Waals surface area contributed by atoms with Crippen molar-refractivity contribution in [1.82, 2.24) is 0 Å². The van der Waals surface area contributed by atoms with Gasteiger partial charge in [0.25, 0.3) is 0 Å². The van der Waals surface area contributed by atoms with Crippen LogP contribution in [0.3, 0.4) is 0 Å². The Morgan fingerprint density at radius 3 is 1.89 bits per heavy atom. The van der Waals surface area contributed by atoms with Crippen molar-refractivity contribution in [2.75, 3.05) is 0 Å². The van der Waals surface area contributed by atoms with Crippen molar-refractivity contribution < 1.29 is 12.3 Å². The molecule has 0 amide bonds. The number of hydrogen-bond acceptors (Lipinski definition) is 3. The van der Waals surface area contributed by atoms with Crippen LogP contribution in [0.15, 0.2) is 12.2 Å². The average molecular weight is 301 g/mol. The van der Waals surface area contributed by atoms with Gasteiger partial charge >= 0.3 is 25.7 Å². The van der Waals surface area contributed by atoms with Crippen LogP contribution in [0, 0.1) is 11.8 Å². The fourth-order valence-corrected chi connectivity index (χ4v) is 21.3. The quantitative estimate of drug-likeness (QED) is 0.548. The van der Waals surface area contributed by atoms with E-state index in [0.29, 0.717) is 11.5 Å². The summed E-state index contributed by atoms with van der Waals surface area (Å²) in [4.78, 5) is 0. The Balaban J connectivity index is 1.87. The second-order valence-electron chi connectivity index (χ2n) is 7.01. The summed E-state index contributed by atoms with van der Waals surface area (Å²) in [6.07, 6.45) is 7.40. The molecule has 0 radical (unpaired) electrons. The molecule has 1 aliphatic heterocycles. The molecule has 3 rings (SSSR count). The molecule has 0 aromatic rings. The highest BCUT2D eigenvalue weighted by Gasteiger charge is 2.59. The van der Waals surface area contributed by atoms with Crippen LogP contribution in [0.2, 0.25) is 38.3 Å². The highest BCUT2D eigenvalue weighted by Crippen LogP contribution is 2.54. The molecule has 1 heterocycles. The van der Waals surface area contributed by atoms with E-state index in [4.69, 9.17) is 12.3 Å². The lowest BCUT2D eigenvalue weighted by atomic mass is 10.1. The lowest BCUT2D eigenvalue weighted by Crippen LogP contribution is -2.67. The molecule has 1 saturated carbocycles. The summed E-state index contributed by atoms with van der Waals surface area (Å²) >= 11 is 0. The zero-order chi connectivity index (χ0) is 13.2. The third-order valence-electron chi connectivity index (χ3n) is 4.34. The molecular formula is C12H24O3Si3. The van der Waals surface area contributed by atoms with Gasteiger partial charge in [0.15, 0.2) is 0 Å². The minimum absolute atomic E-state index is 0.648. The third-order valence-corrected chi connectivity index (χ3v) is 17.5. The van der Waals surface area contributed by atoms with Crippen LogP contribution < -0.4 is 0 Å². The predicted octanol–water partition coefficient (Wildman–Crippen LogP) is 3.49. The maximum absolute atomic E-state index is 6.47. The molecule has 18 heavy (non-hydrogen) atoms. The minimum Gasteiger partial charge on any atom is -0.416 e. The summed E-state index contributed by atoms with van der Waals surface area (Å²) in [7, 11) is -6.04. The molecule has 0 N–H and O–H groups in total. The van der Waals surface area contributed by atoms with Crippen LogP contribution in [-0.2, 0) is 12.3 Å². The van der Waals surface area contributed by atoms with E-state index in [1.54, 1.807) is 0 Å². The smallest absolute Gasteiger partial charge is 0.321 e. The first-order valence-corrected chi connectivity index (χ1v) is 15.0. The van der Waals surface area contributed by atoms with Gasteiger partial charge in [0.2, 0.25) is 0 Å². The number of rotatable bonds is 1. The molecule has 2 bridgehead atoms. The molecule has 0 spiro atoms. The minimum atomic E-state index is -2.08. The highest BCUT2D eigenvalue weighted by molar-refractivity contribution is 6.93. The van der Waals surface area contributed by atoms with Crippen molar-refractivity contribution in [3.05, 3.63) is 12.2 Å². The van der Waals surface area contributed by atoms with Gasteiger partial charge in [-0.25, -0.2) is 0 Å². The van der Waals surface area contributed by atoms with Crippen LogP contribution in [0.4, 0.5) is 0 Å².